The van der Waals surface area contributed by atoms with Crippen LogP contribution in [0.4, 0.5) is 0 Å². The molecule has 3 heteroatoms. The fourth-order valence-electron chi connectivity index (χ4n) is 0.215. The molecule has 0 aliphatic rings. The molecule has 46 valence electrons. The first-order chi connectivity index (χ1) is 3.41. The van der Waals surface area contributed by atoms with Gasteiger partial charge in [0.05, 0.1) is 0 Å². The zero-order valence-corrected chi connectivity index (χ0v) is 6.64. The zero-order valence-electron chi connectivity index (χ0n) is 4.48. The van der Waals surface area contributed by atoms with Crippen LogP contribution in [-0.4, -0.2) is 18.1 Å². The minimum absolute atomic E-state index is 0.0393. The molecule has 0 radical (unpaired) electrons. The Kier molecular flexibility index (Phi) is 7.27. The molecule has 0 aromatic rings. The van der Waals surface area contributed by atoms with E-state index in [0.717, 1.165) is 19.6 Å². The zero-order chi connectivity index (χ0) is 5.54. The van der Waals surface area contributed by atoms with Gasteiger partial charge in [0, 0.05) is 0 Å². The van der Waals surface area contributed by atoms with Gasteiger partial charge in [-0.15, -0.1) is 0 Å². The van der Waals surface area contributed by atoms with E-state index in [0.29, 0.717) is 0 Å². The summed E-state index contributed by atoms with van der Waals surface area (Å²) < 4.78 is 5.10. The normalized spacial score (nSPS) is 10.0. The Labute approximate surface area is 55.2 Å². The van der Waals surface area contributed by atoms with E-state index in [4.69, 9.17) is 8.80 Å². The first kappa shape index (κ1) is 7.65. The third kappa shape index (κ3) is 6.65. The molecule has 0 atom stereocenters. The van der Waals surface area contributed by atoms with Gasteiger partial charge in [-0.05, 0) is 0 Å². The van der Waals surface area contributed by atoms with Crippen molar-refractivity contribution in [3.05, 3.63) is 0 Å². The van der Waals surface area contributed by atoms with Crippen LogP contribution in [0.1, 0.15) is 6.42 Å². The van der Waals surface area contributed by atoms with Crippen molar-refractivity contribution in [2.24, 2.45) is 5.73 Å². The Bertz CT molecular complexity index is 30.9. The minimum atomic E-state index is 0.0393. The molecule has 0 saturated heterocycles. The Hall–Kier alpha value is 0.650. The maximum absolute atomic E-state index is 5.20. The van der Waals surface area contributed by atoms with Crippen LogP contribution in [0.5, 0.6) is 0 Å². The number of nitrogens with two attached hydrogens (primary N) is 1. The molecule has 0 saturated carbocycles. The van der Waals surface area contributed by atoms with Crippen molar-refractivity contribution in [2.45, 2.75) is 6.42 Å². The number of alkyl halides is 1. The Morgan fingerprint density at radius 2 is 2.43 bits per heavy atom. The van der Waals surface area contributed by atoms with Gasteiger partial charge in [-0.2, -0.15) is 0 Å². The maximum atomic E-state index is 5.20. The molecule has 0 amide bonds. The molecular weight excluding hydrogens is 205 g/mol. The van der Waals surface area contributed by atoms with Crippen LogP contribution in [0.3, 0.4) is 0 Å². The number of rotatable bonds is 4. The summed E-state index contributed by atoms with van der Waals surface area (Å²) in [6.45, 7) is 1.62. The Balaban J connectivity index is 2.45. The predicted molar refractivity (Wildman–Crippen MR) is 25.5 cm³/mol. The summed E-state index contributed by atoms with van der Waals surface area (Å²) >= 11 is 0.0393. The molecule has 0 heterocycles. The van der Waals surface area contributed by atoms with E-state index in [2.05, 4.69) is 4.93 Å². The molecule has 0 bridgehead atoms. The van der Waals surface area contributed by atoms with Crippen molar-refractivity contribution in [1.82, 2.24) is 0 Å². The molecule has 0 aromatic carbocycles. The molecule has 0 aromatic heterocycles. The number of halogens is 1. The molecule has 0 aliphatic carbocycles. The third-order valence-corrected chi connectivity index (χ3v) is 1.60. The predicted octanol–water partition coefficient (Wildman–Crippen LogP) is -3.01. The standard InChI is InChI=1S/C4H11INO/c1-5-7-4-2-3-6/h2-4,6H2,1H3/q-1. The summed E-state index contributed by atoms with van der Waals surface area (Å²) in [5.41, 5.74) is 5.20. The van der Waals surface area contributed by atoms with Gasteiger partial charge < -0.3 is 0 Å². The van der Waals surface area contributed by atoms with E-state index in [1.54, 1.807) is 0 Å². The Morgan fingerprint density at radius 3 is 2.86 bits per heavy atom. The van der Waals surface area contributed by atoms with E-state index < -0.39 is 0 Å². The summed E-state index contributed by atoms with van der Waals surface area (Å²) in [6, 6.07) is 0. The second-order valence-corrected chi connectivity index (χ2v) is 2.61. The molecule has 0 fully saturated rings. The van der Waals surface area contributed by atoms with Crippen molar-refractivity contribution >= 4 is 0 Å². The fraction of sp³-hybridized carbons (Fsp3) is 1.00. The molecule has 0 rings (SSSR count). The van der Waals surface area contributed by atoms with Gasteiger partial charge in [0.25, 0.3) is 0 Å². The number of hydrogen-bond donors (Lipinski definition) is 1. The fourth-order valence-corrected chi connectivity index (χ4v) is 0.967. The summed E-state index contributed by atoms with van der Waals surface area (Å²) in [5.74, 6) is 0. The molecule has 7 heavy (non-hydrogen) atoms. The van der Waals surface area contributed by atoms with Crippen molar-refractivity contribution in [3.63, 3.8) is 0 Å². The average Bonchev–Trinajstić information content (AvgIpc) is 1.69. The van der Waals surface area contributed by atoms with Crippen molar-refractivity contribution in [3.8, 4) is 0 Å². The molecular formula is C4H11INO-. The van der Waals surface area contributed by atoms with Gasteiger partial charge in [-0.25, -0.2) is 0 Å². The summed E-state index contributed by atoms with van der Waals surface area (Å²) in [4.78, 5) is 2.09. The quantitative estimate of drug-likeness (QED) is 0.308. The van der Waals surface area contributed by atoms with E-state index in [9.17, 15) is 0 Å². The third-order valence-electron chi connectivity index (χ3n) is 0.535. The van der Waals surface area contributed by atoms with Crippen LogP contribution in [0.15, 0.2) is 0 Å². The first-order valence-corrected chi connectivity index (χ1v) is 5.27. The van der Waals surface area contributed by atoms with Crippen LogP contribution in [0.25, 0.3) is 0 Å². The summed E-state index contributed by atoms with van der Waals surface area (Å²) in [7, 11) is 0. The van der Waals surface area contributed by atoms with Crippen LogP contribution >= 0.6 is 0 Å². The van der Waals surface area contributed by atoms with Crippen LogP contribution in [0, 0.1) is 0 Å². The molecule has 0 spiro atoms. The van der Waals surface area contributed by atoms with E-state index >= 15 is 0 Å². The van der Waals surface area contributed by atoms with Gasteiger partial charge in [-0.3, -0.25) is 0 Å². The second kappa shape index (κ2) is 6.65. The molecule has 2 N–H and O–H groups in total. The molecule has 0 unspecified atom stereocenters. The SMILES string of the molecule is C[I-]OCCCN. The first-order valence-electron chi connectivity index (χ1n) is 2.23. The molecule has 2 nitrogen and oxygen atoms in total. The second-order valence-electron chi connectivity index (χ2n) is 1.11. The van der Waals surface area contributed by atoms with Gasteiger partial charge in [0.1, 0.15) is 0 Å². The van der Waals surface area contributed by atoms with Gasteiger partial charge >= 0.3 is 54.9 Å². The van der Waals surface area contributed by atoms with Crippen LogP contribution in [0.2, 0.25) is 0 Å². The average molecular weight is 216 g/mol. The molecule has 0 aliphatic heterocycles. The van der Waals surface area contributed by atoms with Gasteiger partial charge in [0.15, 0.2) is 0 Å². The Morgan fingerprint density at radius 1 is 1.71 bits per heavy atom. The van der Waals surface area contributed by atoms with Crippen molar-refractivity contribution in [1.29, 1.82) is 0 Å². The summed E-state index contributed by atoms with van der Waals surface area (Å²) in [6.07, 6.45) is 1.01. The van der Waals surface area contributed by atoms with Crippen molar-refractivity contribution in [2.75, 3.05) is 18.1 Å². The van der Waals surface area contributed by atoms with Crippen LogP contribution in [-0.2, 0) is 3.07 Å². The van der Waals surface area contributed by atoms with E-state index in [1.165, 1.54) is 0 Å². The van der Waals surface area contributed by atoms with Gasteiger partial charge in [-0.1, -0.05) is 0 Å². The monoisotopic (exact) mass is 216 g/mol. The summed E-state index contributed by atoms with van der Waals surface area (Å²) in [5, 5.41) is 0. The van der Waals surface area contributed by atoms with Crippen molar-refractivity contribution < 1.29 is 24.7 Å². The number of hydrogen-bond acceptors (Lipinski definition) is 2. The topological polar surface area (TPSA) is 35.2 Å². The van der Waals surface area contributed by atoms with Crippen LogP contribution < -0.4 is 27.4 Å². The van der Waals surface area contributed by atoms with Gasteiger partial charge in [0.2, 0.25) is 0 Å². The van der Waals surface area contributed by atoms with E-state index in [-0.39, 0.29) is 21.6 Å². The van der Waals surface area contributed by atoms with E-state index in [1.807, 2.05) is 0 Å².